The Kier molecular flexibility index (Phi) is 9.78. The van der Waals surface area contributed by atoms with Crippen molar-refractivity contribution < 1.29 is 36.9 Å². The second-order valence-corrected chi connectivity index (χ2v) is 9.89. The van der Waals surface area contributed by atoms with Gasteiger partial charge in [0.05, 0.1) is 12.2 Å². The van der Waals surface area contributed by atoms with Gasteiger partial charge in [-0.1, -0.05) is 38.1 Å². The number of ether oxygens (including phenoxy) is 4. The molecular weight excluding hydrogens is 545 g/mol. The molecule has 0 fully saturated rings. The molecule has 220 valence electrons. The Morgan fingerprint density at radius 1 is 0.952 bits per heavy atom. The van der Waals surface area contributed by atoms with Gasteiger partial charge in [-0.2, -0.15) is 13.2 Å². The molecule has 0 aliphatic heterocycles. The largest absolute Gasteiger partial charge is 0.463 e. The van der Waals surface area contributed by atoms with Crippen LogP contribution in [0.1, 0.15) is 49.4 Å². The van der Waals surface area contributed by atoms with Crippen LogP contribution >= 0.6 is 0 Å². The average molecular weight is 579 g/mol. The summed E-state index contributed by atoms with van der Waals surface area (Å²) < 4.78 is 63.7. The SMILES string of the molecule is CCOC(=O)/C=C/c1ccc(OC2=CC(C)CC(Oc3ccc(C(F)(F)F)cc3Oc3ccccc3C)=C2)cc1CC. The van der Waals surface area contributed by atoms with Gasteiger partial charge in [-0.3, -0.25) is 0 Å². The Morgan fingerprint density at radius 2 is 1.74 bits per heavy atom. The summed E-state index contributed by atoms with van der Waals surface area (Å²) in [6.45, 7) is 7.88. The minimum Gasteiger partial charge on any atom is -0.463 e. The zero-order chi connectivity index (χ0) is 30.3. The number of alkyl halides is 3. The molecule has 0 spiro atoms. The fourth-order valence-corrected chi connectivity index (χ4v) is 4.43. The van der Waals surface area contributed by atoms with E-state index in [-0.39, 0.29) is 17.4 Å². The van der Waals surface area contributed by atoms with Gasteiger partial charge in [-0.05, 0) is 91.4 Å². The van der Waals surface area contributed by atoms with Crippen LogP contribution in [0.15, 0.2) is 90.4 Å². The normalized spacial score (nSPS) is 15.2. The maximum absolute atomic E-state index is 13.5. The minimum atomic E-state index is -4.54. The first-order chi connectivity index (χ1) is 20.0. The van der Waals surface area contributed by atoms with Gasteiger partial charge in [0.1, 0.15) is 23.0 Å². The van der Waals surface area contributed by atoms with Gasteiger partial charge in [-0.15, -0.1) is 0 Å². The monoisotopic (exact) mass is 578 g/mol. The summed E-state index contributed by atoms with van der Waals surface area (Å²) in [6, 6.07) is 15.9. The van der Waals surface area contributed by atoms with Gasteiger partial charge >= 0.3 is 12.1 Å². The van der Waals surface area contributed by atoms with Crippen molar-refractivity contribution in [3.8, 4) is 23.0 Å². The van der Waals surface area contributed by atoms with Gasteiger partial charge < -0.3 is 18.9 Å². The Labute approximate surface area is 243 Å². The lowest BCUT2D eigenvalue weighted by Crippen LogP contribution is -2.10. The molecule has 8 heteroatoms. The number of carbonyl (C=O) groups excluding carboxylic acids is 1. The van der Waals surface area contributed by atoms with E-state index in [2.05, 4.69) is 0 Å². The predicted octanol–water partition coefficient (Wildman–Crippen LogP) is 9.21. The summed E-state index contributed by atoms with van der Waals surface area (Å²) in [7, 11) is 0. The number of allylic oxidation sites excluding steroid dienone is 3. The summed E-state index contributed by atoms with van der Waals surface area (Å²) in [6.07, 6.45) is 3.52. The molecule has 42 heavy (non-hydrogen) atoms. The average Bonchev–Trinajstić information content (AvgIpc) is 2.93. The van der Waals surface area contributed by atoms with Crippen LogP contribution in [0, 0.1) is 12.8 Å². The van der Waals surface area contributed by atoms with Crippen LogP contribution in [-0.4, -0.2) is 12.6 Å². The summed E-state index contributed by atoms with van der Waals surface area (Å²) in [5.74, 6) is 1.89. The fourth-order valence-electron chi connectivity index (χ4n) is 4.43. The first-order valence-corrected chi connectivity index (χ1v) is 13.8. The molecule has 1 aliphatic carbocycles. The van der Waals surface area contributed by atoms with Gasteiger partial charge in [-0.25, -0.2) is 4.79 Å². The lowest BCUT2D eigenvalue weighted by molar-refractivity contribution is -0.138. The number of para-hydroxylation sites is 1. The number of hydrogen-bond donors (Lipinski definition) is 0. The number of benzene rings is 3. The zero-order valence-electron chi connectivity index (χ0n) is 24.0. The highest BCUT2D eigenvalue weighted by atomic mass is 19.4. The van der Waals surface area contributed by atoms with Crippen molar-refractivity contribution >= 4 is 12.0 Å². The number of carbonyl (C=O) groups is 1. The number of rotatable bonds is 10. The van der Waals surface area contributed by atoms with E-state index < -0.39 is 17.7 Å². The van der Waals surface area contributed by atoms with Crippen molar-refractivity contribution in [2.45, 2.75) is 46.7 Å². The molecule has 0 N–H and O–H groups in total. The van der Waals surface area contributed by atoms with Crippen LogP contribution in [0.25, 0.3) is 6.08 Å². The molecule has 0 saturated carbocycles. The molecule has 3 aromatic rings. The molecule has 0 aromatic heterocycles. The van der Waals surface area contributed by atoms with E-state index in [1.807, 2.05) is 57.2 Å². The number of aryl methyl sites for hydroxylation is 2. The first-order valence-electron chi connectivity index (χ1n) is 13.8. The topological polar surface area (TPSA) is 54.0 Å². The Morgan fingerprint density at radius 3 is 2.45 bits per heavy atom. The second-order valence-electron chi connectivity index (χ2n) is 9.89. The van der Waals surface area contributed by atoms with Crippen LogP contribution in [0.3, 0.4) is 0 Å². The van der Waals surface area contributed by atoms with Crippen LogP contribution < -0.4 is 14.2 Å². The molecule has 0 radical (unpaired) electrons. The summed E-state index contributed by atoms with van der Waals surface area (Å²) in [4.78, 5) is 11.7. The third-order valence-electron chi connectivity index (χ3n) is 6.52. The van der Waals surface area contributed by atoms with Crippen molar-refractivity contribution in [3.05, 3.63) is 113 Å². The van der Waals surface area contributed by atoms with E-state index in [1.165, 1.54) is 12.1 Å². The number of esters is 1. The third kappa shape index (κ3) is 8.06. The van der Waals surface area contributed by atoms with Crippen LogP contribution in [0.5, 0.6) is 23.0 Å². The van der Waals surface area contributed by atoms with Crippen LogP contribution in [-0.2, 0) is 22.1 Å². The first kappa shape index (κ1) is 30.5. The number of halogens is 3. The predicted molar refractivity (Wildman–Crippen MR) is 155 cm³/mol. The Bertz CT molecular complexity index is 1520. The number of hydrogen-bond acceptors (Lipinski definition) is 5. The van der Waals surface area contributed by atoms with E-state index in [9.17, 15) is 18.0 Å². The quantitative estimate of drug-likeness (QED) is 0.177. The Hall–Kier alpha value is -4.46. The Balaban J connectivity index is 1.57. The highest BCUT2D eigenvalue weighted by Gasteiger charge is 2.32. The van der Waals surface area contributed by atoms with Crippen molar-refractivity contribution in [3.63, 3.8) is 0 Å². The second kappa shape index (κ2) is 13.5. The molecular formula is C34H33F3O5. The highest BCUT2D eigenvalue weighted by Crippen LogP contribution is 2.40. The highest BCUT2D eigenvalue weighted by molar-refractivity contribution is 5.87. The van der Waals surface area contributed by atoms with Crippen molar-refractivity contribution in [1.29, 1.82) is 0 Å². The minimum absolute atomic E-state index is 0.0382. The molecule has 3 aromatic carbocycles. The molecule has 0 heterocycles. The molecule has 1 unspecified atom stereocenters. The van der Waals surface area contributed by atoms with Gasteiger partial charge in [0, 0.05) is 18.6 Å². The zero-order valence-corrected chi connectivity index (χ0v) is 24.0. The molecule has 5 nitrogen and oxygen atoms in total. The molecule has 1 atom stereocenters. The van der Waals surface area contributed by atoms with Crippen molar-refractivity contribution in [2.75, 3.05) is 6.61 Å². The summed E-state index contributed by atoms with van der Waals surface area (Å²) >= 11 is 0. The van der Waals surface area contributed by atoms with Crippen molar-refractivity contribution in [2.24, 2.45) is 5.92 Å². The standard InChI is InChI=1S/C34H33F3O5/c1-5-24-19-27(14-11-25(24)12-16-33(38)39-6-2)40-28-17-22(3)18-29(21-28)41-31-15-13-26(34(35,36)37)20-32(31)42-30-10-8-7-9-23(30)4/h7-17,19-22H,5-6,18H2,1-4H3/b16-12+. The third-order valence-corrected chi connectivity index (χ3v) is 6.52. The van der Waals surface area contributed by atoms with Crippen LogP contribution in [0.4, 0.5) is 13.2 Å². The van der Waals surface area contributed by atoms with Gasteiger partial charge in [0.15, 0.2) is 11.5 Å². The van der Waals surface area contributed by atoms with Crippen LogP contribution in [0.2, 0.25) is 0 Å². The fraction of sp³-hybridized carbons (Fsp3) is 0.265. The van der Waals surface area contributed by atoms with E-state index in [0.29, 0.717) is 36.0 Å². The summed E-state index contributed by atoms with van der Waals surface area (Å²) in [5, 5.41) is 0. The smallest absolute Gasteiger partial charge is 0.416 e. The molecule has 0 bridgehead atoms. The molecule has 1 aliphatic rings. The van der Waals surface area contributed by atoms with Gasteiger partial charge in [0.2, 0.25) is 0 Å². The van der Waals surface area contributed by atoms with E-state index in [4.69, 9.17) is 18.9 Å². The van der Waals surface area contributed by atoms with E-state index in [0.717, 1.165) is 35.2 Å². The maximum Gasteiger partial charge on any atom is 0.416 e. The lowest BCUT2D eigenvalue weighted by Gasteiger charge is -2.22. The molecule has 0 amide bonds. The summed E-state index contributed by atoms with van der Waals surface area (Å²) in [5.41, 5.74) is 1.81. The maximum atomic E-state index is 13.5. The molecule has 0 saturated heterocycles. The lowest BCUT2D eigenvalue weighted by atomic mass is 10.0. The van der Waals surface area contributed by atoms with E-state index in [1.54, 1.807) is 31.2 Å². The van der Waals surface area contributed by atoms with Gasteiger partial charge in [0.25, 0.3) is 0 Å². The molecule has 4 rings (SSSR count). The van der Waals surface area contributed by atoms with E-state index >= 15 is 0 Å². The van der Waals surface area contributed by atoms with Crippen molar-refractivity contribution in [1.82, 2.24) is 0 Å².